The van der Waals surface area contributed by atoms with E-state index >= 15 is 0 Å². The van der Waals surface area contributed by atoms with Crippen LogP contribution < -0.4 is 4.74 Å². The Kier molecular flexibility index (Phi) is 5.76. The van der Waals surface area contributed by atoms with Crippen LogP contribution in [0.15, 0.2) is 30.6 Å². The first-order valence-electron chi connectivity index (χ1n) is 11.2. The van der Waals surface area contributed by atoms with Gasteiger partial charge in [-0.25, -0.2) is 4.98 Å². The second-order valence-electron chi connectivity index (χ2n) is 8.61. The summed E-state index contributed by atoms with van der Waals surface area (Å²) in [6.07, 6.45) is 12.2. The summed E-state index contributed by atoms with van der Waals surface area (Å²) in [4.78, 5) is 20.8. The Bertz CT molecular complexity index is 1050. The van der Waals surface area contributed by atoms with Crippen molar-refractivity contribution in [3.05, 3.63) is 40.5 Å². The Balaban J connectivity index is 1.35. The molecule has 1 N–H and O–H groups in total. The second kappa shape index (κ2) is 8.83. The summed E-state index contributed by atoms with van der Waals surface area (Å²) in [6.45, 7) is 1.39. The van der Waals surface area contributed by atoms with Gasteiger partial charge in [-0.2, -0.15) is 5.10 Å². The number of nitrogens with zero attached hydrogens (tertiary/aromatic N) is 3. The second-order valence-corrected chi connectivity index (χ2v) is 9.69. The molecule has 1 fully saturated rings. The van der Waals surface area contributed by atoms with Gasteiger partial charge in [0.2, 0.25) is 0 Å². The van der Waals surface area contributed by atoms with Gasteiger partial charge in [0.05, 0.1) is 18.5 Å². The number of carbonyl (C=O) groups excluding carboxylic acids is 1. The number of ether oxygens (including phenoxy) is 1. The minimum atomic E-state index is 0.0337. The monoisotopic (exact) mass is 436 g/mol. The zero-order valence-electron chi connectivity index (χ0n) is 17.9. The van der Waals surface area contributed by atoms with Crippen LogP contribution in [-0.2, 0) is 6.42 Å². The Morgan fingerprint density at radius 1 is 1.26 bits per heavy atom. The van der Waals surface area contributed by atoms with Crippen LogP contribution in [0.2, 0.25) is 0 Å². The molecule has 6 nitrogen and oxygen atoms in total. The third-order valence-corrected chi connectivity index (χ3v) is 7.58. The molecule has 0 atom stereocenters. The minimum absolute atomic E-state index is 0.0337. The van der Waals surface area contributed by atoms with Crippen molar-refractivity contribution in [2.75, 3.05) is 20.2 Å². The lowest BCUT2D eigenvalue weighted by molar-refractivity contribution is 0.0783. The van der Waals surface area contributed by atoms with E-state index in [2.05, 4.69) is 16.3 Å². The van der Waals surface area contributed by atoms with E-state index in [1.165, 1.54) is 43.4 Å². The third-order valence-electron chi connectivity index (χ3n) is 6.48. The molecule has 0 spiro atoms. The lowest BCUT2D eigenvalue weighted by Gasteiger charge is -2.24. The molecule has 7 heteroatoms. The molecule has 2 aliphatic rings. The number of amides is 1. The Labute approximate surface area is 186 Å². The highest BCUT2D eigenvalue weighted by Crippen LogP contribution is 2.39. The maximum atomic E-state index is 13.1. The summed E-state index contributed by atoms with van der Waals surface area (Å²) in [6, 6.07) is 6.13. The Hall–Kier alpha value is -2.67. The first kappa shape index (κ1) is 20.2. The van der Waals surface area contributed by atoms with E-state index < -0.39 is 0 Å². The average Bonchev–Trinajstić information content (AvgIpc) is 3.45. The molecular formula is C24H28N4O2S. The molecule has 3 aromatic rings. The molecule has 1 aliphatic carbocycles. The highest BCUT2D eigenvalue weighted by Gasteiger charge is 2.25. The summed E-state index contributed by atoms with van der Waals surface area (Å²) in [5.41, 5.74) is 3.91. The van der Waals surface area contributed by atoms with E-state index in [4.69, 9.17) is 9.72 Å². The quantitative estimate of drug-likeness (QED) is 0.598. The minimum Gasteiger partial charge on any atom is -0.492 e. The van der Waals surface area contributed by atoms with Gasteiger partial charge in [0.15, 0.2) is 5.01 Å². The molecule has 2 aromatic heterocycles. The number of benzene rings is 1. The number of H-pyrrole nitrogens is 1. The van der Waals surface area contributed by atoms with E-state index in [0.717, 1.165) is 58.3 Å². The van der Waals surface area contributed by atoms with Gasteiger partial charge < -0.3 is 9.64 Å². The molecule has 0 unspecified atom stereocenters. The number of thiazole rings is 1. The normalized spacial score (nSPS) is 16.2. The first-order valence-corrected chi connectivity index (χ1v) is 12.0. The summed E-state index contributed by atoms with van der Waals surface area (Å²) < 4.78 is 6.02. The highest BCUT2D eigenvalue weighted by atomic mass is 32.1. The molecule has 1 saturated carbocycles. The molecule has 1 aromatic carbocycles. The van der Waals surface area contributed by atoms with Crippen molar-refractivity contribution in [2.24, 2.45) is 5.92 Å². The molecule has 0 saturated heterocycles. The van der Waals surface area contributed by atoms with Crippen molar-refractivity contribution < 1.29 is 9.53 Å². The van der Waals surface area contributed by atoms with Gasteiger partial charge in [-0.3, -0.25) is 9.89 Å². The van der Waals surface area contributed by atoms with Crippen LogP contribution in [-0.4, -0.2) is 46.2 Å². The first-order chi connectivity index (χ1) is 15.2. The van der Waals surface area contributed by atoms with Gasteiger partial charge in [-0.15, -0.1) is 11.3 Å². The fraction of sp³-hybridized carbons (Fsp3) is 0.458. The van der Waals surface area contributed by atoms with Gasteiger partial charge in [0.1, 0.15) is 5.75 Å². The molecule has 5 rings (SSSR count). The topological polar surface area (TPSA) is 71.1 Å². The van der Waals surface area contributed by atoms with Gasteiger partial charge >= 0.3 is 0 Å². The molecule has 3 heterocycles. The Morgan fingerprint density at radius 3 is 2.94 bits per heavy atom. The van der Waals surface area contributed by atoms with Crippen LogP contribution in [0.25, 0.3) is 22.4 Å². The van der Waals surface area contributed by atoms with Crippen molar-refractivity contribution >= 4 is 17.2 Å². The van der Waals surface area contributed by atoms with Crippen molar-refractivity contribution in [1.82, 2.24) is 20.1 Å². The largest absolute Gasteiger partial charge is 0.492 e. The van der Waals surface area contributed by atoms with Crippen molar-refractivity contribution in [3.63, 3.8) is 0 Å². The number of hydrogen-bond donors (Lipinski definition) is 1. The van der Waals surface area contributed by atoms with Gasteiger partial charge in [0, 0.05) is 42.2 Å². The Morgan fingerprint density at radius 2 is 2.13 bits per heavy atom. The molecular weight excluding hydrogens is 408 g/mol. The lowest BCUT2D eigenvalue weighted by atomic mass is 9.87. The maximum Gasteiger partial charge on any atom is 0.282 e. The fourth-order valence-corrected chi connectivity index (χ4v) is 5.67. The van der Waals surface area contributed by atoms with E-state index in [-0.39, 0.29) is 5.91 Å². The van der Waals surface area contributed by atoms with E-state index in [1.807, 2.05) is 30.3 Å². The van der Waals surface area contributed by atoms with E-state index in [9.17, 15) is 4.79 Å². The predicted molar refractivity (Wildman–Crippen MR) is 122 cm³/mol. The number of fused-ring (bicyclic) bond motifs is 3. The van der Waals surface area contributed by atoms with Crippen LogP contribution >= 0.6 is 11.3 Å². The van der Waals surface area contributed by atoms with Crippen LogP contribution in [0.5, 0.6) is 5.75 Å². The molecule has 31 heavy (non-hydrogen) atoms. The summed E-state index contributed by atoms with van der Waals surface area (Å²) in [7, 11) is 1.91. The zero-order valence-corrected chi connectivity index (χ0v) is 18.7. The molecule has 0 bridgehead atoms. The summed E-state index contributed by atoms with van der Waals surface area (Å²) in [5, 5.41) is 7.47. The van der Waals surface area contributed by atoms with Crippen LogP contribution in [0, 0.1) is 5.92 Å². The van der Waals surface area contributed by atoms with E-state index in [0.29, 0.717) is 11.6 Å². The molecule has 162 valence electrons. The zero-order chi connectivity index (χ0) is 21.2. The summed E-state index contributed by atoms with van der Waals surface area (Å²) in [5.74, 6) is 1.62. The number of carbonyl (C=O) groups is 1. The lowest BCUT2D eigenvalue weighted by Crippen LogP contribution is -2.29. The van der Waals surface area contributed by atoms with Gasteiger partial charge in [-0.1, -0.05) is 38.2 Å². The highest BCUT2D eigenvalue weighted by molar-refractivity contribution is 7.14. The SMILES string of the molecule is CN(CCC1CCCCC1)C(=O)c1nc2c(s1)CCOc1cc(-c3cn[nH]c3)ccc1-2. The number of rotatable bonds is 5. The molecule has 1 amide bonds. The standard InChI is InChI=1S/C24H28N4O2S/c1-28(11-9-16-5-3-2-4-6-16)24(29)23-27-22-19-8-7-17(18-14-25-26-15-18)13-20(19)30-12-10-21(22)31-23/h7-8,13-16H,2-6,9-12H2,1H3,(H,25,26). The smallest absolute Gasteiger partial charge is 0.282 e. The number of hydrogen-bond acceptors (Lipinski definition) is 5. The van der Waals surface area contributed by atoms with Crippen LogP contribution in [0.4, 0.5) is 0 Å². The number of nitrogens with one attached hydrogen (secondary N) is 1. The fourth-order valence-electron chi connectivity index (χ4n) is 4.62. The van der Waals surface area contributed by atoms with Crippen molar-refractivity contribution in [2.45, 2.75) is 44.9 Å². The number of aromatic nitrogens is 3. The van der Waals surface area contributed by atoms with Crippen molar-refractivity contribution in [3.8, 4) is 28.1 Å². The average molecular weight is 437 g/mol. The van der Waals surface area contributed by atoms with Crippen LogP contribution in [0.3, 0.4) is 0 Å². The summed E-state index contributed by atoms with van der Waals surface area (Å²) >= 11 is 1.51. The van der Waals surface area contributed by atoms with Crippen molar-refractivity contribution in [1.29, 1.82) is 0 Å². The van der Waals surface area contributed by atoms with Gasteiger partial charge in [0.25, 0.3) is 5.91 Å². The van der Waals surface area contributed by atoms with E-state index in [1.54, 1.807) is 6.20 Å². The maximum absolute atomic E-state index is 13.1. The van der Waals surface area contributed by atoms with Crippen LogP contribution in [0.1, 0.15) is 53.2 Å². The number of aromatic amines is 1. The third kappa shape index (κ3) is 4.24. The molecule has 1 aliphatic heterocycles. The molecule has 0 radical (unpaired) electrons. The van der Waals surface area contributed by atoms with Gasteiger partial charge in [-0.05, 0) is 30.0 Å². The predicted octanol–water partition coefficient (Wildman–Crippen LogP) is 5.18.